The molecule has 1 rings (SSSR count). The fraction of sp³-hybridized carbons (Fsp3) is 0.300. The molecule has 1 aromatic carbocycles. The molecule has 0 heterocycles. The summed E-state index contributed by atoms with van der Waals surface area (Å²) in [6.45, 7) is 1.62. The maximum absolute atomic E-state index is 13.1. The van der Waals surface area contributed by atoms with Crippen LogP contribution in [0.2, 0.25) is 0 Å². The van der Waals surface area contributed by atoms with Crippen molar-refractivity contribution in [1.82, 2.24) is 5.32 Å². The number of benzene rings is 1. The molecule has 0 bridgehead atoms. The Bertz CT molecular complexity index is 352. The normalized spacial score (nSPS) is 12.6. The predicted octanol–water partition coefficient (Wildman–Crippen LogP) is 1.76. The molecular formula is C10H11F2NO. The van der Waals surface area contributed by atoms with E-state index in [-0.39, 0.29) is 11.3 Å². The monoisotopic (exact) mass is 199 g/mol. The molecular weight excluding hydrogens is 188 g/mol. The highest BCUT2D eigenvalue weighted by molar-refractivity contribution is 6.00. The molecule has 0 aliphatic carbocycles. The van der Waals surface area contributed by atoms with E-state index < -0.39 is 17.7 Å². The molecule has 0 amide bonds. The number of nitrogens with one attached hydrogen (secondary N) is 1. The van der Waals surface area contributed by atoms with E-state index in [4.69, 9.17) is 0 Å². The van der Waals surface area contributed by atoms with E-state index in [1.165, 1.54) is 0 Å². The van der Waals surface area contributed by atoms with E-state index in [0.29, 0.717) is 6.07 Å². The maximum Gasteiger partial charge on any atom is 0.182 e. The quantitative estimate of drug-likeness (QED) is 0.751. The number of hydrogen-bond donors (Lipinski definition) is 1. The molecule has 0 spiro atoms. The van der Waals surface area contributed by atoms with Crippen LogP contribution in [0.25, 0.3) is 0 Å². The Kier molecular flexibility index (Phi) is 3.30. The van der Waals surface area contributed by atoms with Crippen LogP contribution in [0.15, 0.2) is 18.2 Å². The van der Waals surface area contributed by atoms with Gasteiger partial charge in [0.2, 0.25) is 0 Å². The Balaban J connectivity index is 3.02. The number of rotatable bonds is 3. The Hall–Kier alpha value is -1.29. The SMILES string of the molecule is CNC(C)C(=O)c1ccc(F)cc1F. The Morgan fingerprint density at radius 3 is 2.57 bits per heavy atom. The number of ketones is 1. The van der Waals surface area contributed by atoms with Crippen molar-refractivity contribution >= 4 is 5.78 Å². The van der Waals surface area contributed by atoms with Crippen LogP contribution in [0, 0.1) is 11.6 Å². The fourth-order valence-corrected chi connectivity index (χ4v) is 1.05. The van der Waals surface area contributed by atoms with Gasteiger partial charge in [0.05, 0.1) is 11.6 Å². The Morgan fingerprint density at radius 2 is 2.07 bits per heavy atom. The molecule has 0 fully saturated rings. The van der Waals surface area contributed by atoms with Gasteiger partial charge in [0.1, 0.15) is 11.6 Å². The second-order valence-corrected chi connectivity index (χ2v) is 3.00. The van der Waals surface area contributed by atoms with Crippen molar-refractivity contribution in [2.24, 2.45) is 0 Å². The average Bonchev–Trinajstić information content (AvgIpc) is 2.15. The highest BCUT2D eigenvalue weighted by Gasteiger charge is 2.17. The first-order chi connectivity index (χ1) is 6.56. The van der Waals surface area contributed by atoms with Gasteiger partial charge < -0.3 is 5.32 Å². The van der Waals surface area contributed by atoms with Gasteiger partial charge >= 0.3 is 0 Å². The highest BCUT2D eigenvalue weighted by atomic mass is 19.1. The van der Waals surface area contributed by atoms with Crippen LogP contribution in [-0.2, 0) is 0 Å². The Morgan fingerprint density at radius 1 is 1.43 bits per heavy atom. The van der Waals surface area contributed by atoms with Gasteiger partial charge in [-0.15, -0.1) is 0 Å². The molecule has 0 aliphatic heterocycles. The summed E-state index contributed by atoms with van der Waals surface area (Å²) >= 11 is 0. The summed E-state index contributed by atoms with van der Waals surface area (Å²) in [6.07, 6.45) is 0. The third-order valence-electron chi connectivity index (χ3n) is 2.02. The molecule has 0 radical (unpaired) electrons. The second-order valence-electron chi connectivity index (χ2n) is 3.00. The summed E-state index contributed by atoms with van der Waals surface area (Å²) in [6, 6.07) is 2.45. The van der Waals surface area contributed by atoms with E-state index in [1.54, 1.807) is 14.0 Å². The highest BCUT2D eigenvalue weighted by Crippen LogP contribution is 2.11. The molecule has 0 saturated carbocycles. The molecule has 1 N–H and O–H groups in total. The topological polar surface area (TPSA) is 29.1 Å². The molecule has 0 saturated heterocycles. The van der Waals surface area contributed by atoms with Gasteiger partial charge in [-0.25, -0.2) is 8.78 Å². The minimum atomic E-state index is -0.822. The lowest BCUT2D eigenvalue weighted by atomic mass is 10.1. The van der Waals surface area contributed by atoms with Crippen molar-refractivity contribution in [2.45, 2.75) is 13.0 Å². The number of hydrogen-bond acceptors (Lipinski definition) is 2. The number of carbonyl (C=O) groups excluding carboxylic acids is 1. The summed E-state index contributed by atoms with van der Waals surface area (Å²) in [4.78, 5) is 11.5. The van der Waals surface area contributed by atoms with Gasteiger partial charge in [0.15, 0.2) is 5.78 Å². The van der Waals surface area contributed by atoms with Crippen molar-refractivity contribution in [3.05, 3.63) is 35.4 Å². The van der Waals surface area contributed by atoms with Gasteiger partial charge in [0, 0.05) is 6.07 Å². The van der Waals surface area contributed by atoms with Crippen LogP contribution in [0.4, 0.5) is 8.78 Å². The third-order valence-corrected chi connectivity index (χ3v) is 2.02. The maximum atomic E-state index is 13.1. The van der Waals surface area contributed by atoms with Crippen molar-refractivity contribution in [1.29, 1.82) is 0 Å². The summed E-state index contributed by atoms with van der Waals surface area (Å²) in [5.74, 6) is -1.89. The van der Waals surface area contributed by atoms with Crippen molar-refractivity contribution < 1.29 is 13.6 Å². The predicted molar refractivity (Wildman–Crippen MR) is 49.2 cm³/mol. The lowest BCUT2D eigenvalue weighted by Gasteiger charge is -2.09. The van der Waals surface area contributed by atoms with E-state index in [0.717, 1.165) is 12.1 Å². The molecule has 0 aliphatic rings. The van der Waals surface area contributed by atoms with Crippen LogP contribution in [-0.4, -0.2) is 18.9 Å². The lowest BCUT2D eigenvalue weighted by Crippen LogP contribution is -2.31. The lowest BCUT2D eigenvalue weighted by molar-refractivity contribution is 0.0951. The number of halogens is 2. The molecule has 76 valence electrons. The molecule has 1 aromatic rings. The second kappa shape index (κ2) is 4.28. The number of Topliss-reactive ketones (excluding diaryl/α,β-unsaturated/α-hetero) is 1. The summed E-state index contributed by atoms with van der Waals surface area (Å²) in [5, 5.41) is 2.70. The van der Waals surface area contributed by atoms with Crippen LogP contribution < -0.4 is 5.32 Å². The first-order valence-corrected chi connectivity index (χ1v) is 4.22. The van der Waals surface area contributed by atoms with E-state index >= 15 is 0 Å². The molecule has 4 heteroatoms. The van der Waals surface area contributed by atoms with Crippen LogP contribution in [0.5, 0.6) is 0 Å². The smallest absolute Gasteiger partial charge is 0.182 e. The van der Waals surface area contributed by atoms with Gasteiger partial charge in [-0.2, -0.15) is 0 Å². The van der Waals surface area contributed by atoms with Gasteiger partial charge in [-0.1, -0.05) is 0 Å². The Labute approximate surface area is 80.9 Å². The summed E-state index contributed by atoms with van der Waals surface area (Å²) in [7, 11) is 1.60. The first-order valence-electron chi connectivity index (χ1n) is 4.22. The van der Waals surface area contributed by atoms with Gasteiger partial charge in [-0.05, 0) is 26.1 Å². The third kappa shape index (κ3) is 2.14. The first kappa shape index (κ1) is 10.8. The van der Waals surface area contributed by atoms with Gasteiger partial charge in [-0.3, -0.25) is 4.79 Å². The fourth-order valence-electron chi connectivity index (χ4n) is 1.05. The largest absolute Gasteiger partial charge is 0.310 e. The summed E-state index contributed by atoms with van der Waals surface area (Å²) in [5.41, 5.74) is -0.0896. The van der Waals surface area contributed by atoms with Crippen molar-refractivity contribution in [2.75, 3.05) is 7.05 Å². The van der Waals surface area contributed by atoms with E-state index in [9.17, 15) is 13.6 Å². The number of carbonyl (C=O) groups is 1. The van der Waals surface area contributed by atoms with Crippen LogP contribution in [0.1, 0.15) is 17.3 Å². The zero-order valence-corrected chi connectivity index (χ0v) is 7.97. The standard InChI is InChI=1S/C10H11F2NO/c1-6(13-2)10(14)8-4-3-7(11)5-9(8)12/h3-6,13H,1-2H3. The van der Waals surface area contributed by atoms with E-state index in [2.05, 4.69) is 5.32 Å². The minimum absolute atomic E-state index is 0.0896. The number of likely N-dealkylation sites (N-methyl/N-ethyl adjacent to an activating group) is 1. The molecule has 2 nitrogen and oxygen atoms in total. The van der Waals surface area contributed by atoms with Gasteiger partial charge in [0.25, 0.3) is 0 Å². The zero-order chi connectivity index (χ0) is 10.7. The molecule has 1 atom stereocenters. The van der Waals surface area contributed by atoms with E-state index in [1.807, 2.05) is 0 Å². The molecule has 0 aromatic heterocycles. The molecule has 1 unspecified atom stereocenters. The van der Waals surface area contributed by atoms with Crippen LogP contribution in [0.3, 0.4) is 0 Å². The average molecular weight is 199 g/mol. The zero-order valence-electron chi connectivity index (χ0n) is 7.97. The summed E-state index contributed by atoms with van der Waals surface area (Å²) < 4.78 is 25.6. The minimum Gasteiger partial charge on any atom is -0.310 e. The van der Waals surface area contributed by atoms with Crippen LogP contribution >= 0.6 is 0 Å². The molecule has 14 heavy (non-hydrogen) atoms. The van der Waals surface area contributed by atoms with Crippen molar-refractivity contribution in [3.8, 4) is 0 Å². The van der Waals surface area contributed by atoms with Crippen molar-refractivity contribution in [3.63, 3.8) is 0 Å².